The number of aromatic nitrogens is 2. The molecule has 6 nitrogen and oxygen atoms in total. The van der Waals surface area contributed by atoms with E-state index in [2.05, 4.69) is 19.8 Å². The quantitative estimate of drug-likeness (QED) is 0.745. The molecule has 0 bridgehead atoms. The number of piperazine rings is 1. The Kier molecular flexibility index (Phi) is 2.51. The largest absolute Gasteiger partial charge is 0.383 e. The zero-order valence-electron chi connectivity index (χ0n) is 9.84. The zero-order chi connectivity index (χ0) is 11.8. The predicted octanol–water partition coefficient (Wildman–Crippen LogP) is -0.0746. The van der Waals surface area contributed by atoms with Gasteiger partial charge in [0.15, 0.2) is 0 Å². The van der Waals surface area contributed by atoms with Crippen molar-refractivity contribution in [1.82, 2.24) is 14.9 Å². The van der Waals surface area contributed by atoms with E-state index in [9.17, 15) is 0 Å². The average molecular weight is 234 g/mol. The highest BCUT2D eigenvalue weighted by Gasteiger charge is 2.31. The summed E-state index contributed by atoms with van der Waals surface area (Å²) in [5, 5.41) is 0. The minimum atomic E-state index is 0.254. The van der Waals surface area contributed by atoms with Gasteiger partial charge in [-0.2, -0.15) is 9.97 Å². The van der Waals surface area contributed by atoms with Gasteiger partial charge in [0.05, 0.1) is 0 Å². The first-order valence-electron chi connectivity index (χ1n) is 6.11. The van der Waals surface area contributed by atoms with Crippen LogP contribution in [0.15, 0.2) is 6.07 Å². The van der Waals surface area contributed by atoms with Gasteiger partial charge < -0.3 is 16.4 Å². The van der Waals surface area contributed by atoms with Crippen molar-refractivity contribution in [3.05, 3.63) is 6.07 Å². The number of hydrogen-bond acceptors (Lipinski definition) is 6. The molecule has 1 saturated heterocycles. The second kappa shape index (κ2) is 4.03. The maximum atomic E-state index is 5.68. The molecule has 92 valence electrons. The van der Waals surface area contributed by atoms with Gasteiger partial charge in [0, 0.05) is 38.3 Å². The molecule has 1 aliphatic carbocycles. The highest BCUT2D eigenvalue weighted by molar-refractivity contribution is 5.50. The van der Waals surface area contributed by atoms with Gasteiger partial charge in [-0.05, 0) is 12.8 Å². The monoisotopic (exact) mass is 234 g/mol. The Labute approximate surface area is 101 Å². The Balaban J connectivity index is 1.68. The lowest BCUT2D eigenvalue weighted by molar-refractivity contribution is 0.247. The van der Waals surface area contributed by atoms with Gasteiger partial charge in [0.25, 0.3) is 0 Å². The van der Waals surface area contributed by atoms with Crippen molar-refractivity contribution >= 4 is 17.6 Å². The van der Waals surface area contributed by atoms with Crippen LogP contribution in [0.2, 0.25) is 0 Å². The normalized spacial score (nSPS) is 21.8. The second-order valence-electron chi connectivity index (χ2n) is 4.76. The Morgan fingerprint density at radius 2 is 1.76 bits per heavy atom. The second-order valence-corrected chi connectivity index (χ2v) is 4.76. The summed E-state index contributed by atoms with van der Waals surface area (Å²) in [5.41, 5.74) is 11.3. The third-order valence-corrected chi connectivity index (χ3v) is 3.45. The third kappa shape index (κ3) is 2.26. The highest BCUT2D eigenvalue weighted by atomic mass is 15.3. The molecule has 3 rings (SSSR count). The maximum Gasteiger partial charge on any atom is 0.223 e. The molecule has 6 heteroatoms. The molecule has 1 aliphatic heterocycles. The van der Waals surface area contributed by atoms with Crippen LogP contribution in [0.4, 0.5) is 17.6 Å². The SMILES string of the molecule is Nc1cc(N2CCN(C3CC3)CC2)nc(N)n1. The average Bonchev–Trinajstić information content (AvgIpc) is 3.12. The Hall–Kier alpha value is -1.56. The van der Waals surface area contributed by atoms with Gasteiger partial charge in [-0.3, -0.25) is 4.90 Å². The fourth-order valence-electron chi connectivity index (χ4n) is 2.39. The van der Waals surface area contributed by atoms with E-state index in [0.717, 1.165) is 38.0 Å². The lowest BCUT2D eigenvalue weighted by Crippen LogP contribution is -2.47. The molecular weight excluding hydrogens is 216 g/mol. The van der Waals surface area contributed by atoms with Gasteiger partial charge in [0.2, 0.25) is 5.95 Å². The van der Waals surface area contributed by atoms with E-state index in [1.54, 1.807) is 6.07 Å². The van der Waals surface area contributed by atoms with Crippen LogP contribution in [0.1, 0.15) is 12.8 Å². The molecule has 0 spiro atoms. The zero-order valence-corrected chi connectivity index (χ0v) is 9.84. The van der Waals surface area contributed by atoms with Gasteiger partial charge in [0.1, 0.15) is 11.6 Å². The van der Waals surface area contributed by atoms with E-state index < -0.39 is 0 Å². The smallest absolute Gasteiger partial charge is 0.223 e. The highest BCUT2D eigenvalue weighted by Crippen LogP contribution is 2.28. The van der Waals surface area contributed by atoms with Crippen LogP contribution in [-0.4, -0.2) is 47.1 Å². The molecule has 1 saturated carbocycles. The molecule has 2 fully saturated rings. The lowest BCUT2D eigenvalue weighted by atomic mass is 10.3. The van der Waals surface area contributed by atoms with E-state index in [0.29, 0.717) is 5.82 Å². The standard InChI is InChI=1S/C11H18N6/c12-9-7-10(15-11(13)14-9)17-5-3-16(4-6-17)8-1-2-8/h7-8H,1-6H2,(H4,12,13,14,15). The molecule has 0 radical (unpaired) electrons. The summed E-state index contributed by atoms with van der Waals surface area (Å²) in [6, 6.07) is 2.64. The first-order chi connectivity index (χ1) is 8.22. The Morgan fingerprint density at radius 3 is 2.35 bits per heavy atom. The van der Waals surface area contributed by atoms with E-state index in [1.807, 2.05) is 0 Å². The molecule has 1 aromatic rings. The first kappa shape index (κ1) is 10.6. The van der Waals surface area contributed by atoms with Crippen molar-refractivity contribution in [3.8, 4) is 0 Å². The van der Waals surface area contributed by atoms with E-state index >= 15 is 0 Å². The number of nitrogens with zero attached hydrogens (tertiary/aromatic N) is 4. The molecule has 0 atom stereocenters. The fraction of sp³-hybridized carbons (Fsp3) is 0.636. The molecule has 4 N–H and O–H groups in total. The van der Waals surface area contributed by atoms with Crippen molar-refractivity contribution in [2.24, 2.45) is 0 Å². The molecule has 0 amide bonds. The topological polar surface area (TPSA) is 84.3 Å². The lowest BCUT2D eigenvalue weighted by Gasteiger charge is -2.35. The summed E-state index contributed by atoms with van der Waals surface area (Å²) in [5.74, 6) is 1.55. The molecule has 0 aromatic carbocycles. The fourth-order valence-corrected chi connectivity index (χ4v) is 2.39. The number of hydrogen-bond donors (Lipinski definition) is 2. The van der Waals surface area contributed by atoms with Crippen LogP contribution in [0, 0.1) is 0 Å². The number of rotatable bonds is 2. The van der Waals surface area contributed by atoms with Gasteiger partial charge >= 0.3 is 0 Å². The van der Waals surface area contributed by atoms with Gasteiger partial charge in [-0.25, -0.2) is 0 Å². The maximum absolute atomic E-state index is 5.68. The summed E-state index contributed by atoms with van der Waals surface area (Å²) < 4.78 is 0. The Bertz CT molecular complexity index is 388. The predicted molar refractivity (Wildman–Crippen MR) is 67.7 cm³/mol. The number of anilines is 3. The summed E-state index contributed by atoms with van der Waals surface area (Å²) in [6.45, 7) is 4.20. The summed E-state index contributed by atoms with van der Waals surface area (Å²) in [6.07, 6.45) is 2.74. The van der Waals surface area contributed by atoms with Crippen molar-refractivity contribution in [2.45, 2.75) is 18.9 Å². The molecule has 17 heavy (non-hydrogen) atoms. The van der Waals surface area contributed by atoms with E-state index in [1.165, 1.54) is 12.8 Å². The van der Waals surface area contributed by atoms with Crippen LogP contribution in [0.3, 0.4) is 0 Å². The molecule has 1 aromatic heterocycles. The summed E-state index contributed by atoms with van der Waals surface area (Å²) in [4.78, 5) is 12.9. The van der Waals surface area contributed by atoms with Crippen molar-refractivity contribution in [2.75, 3.05) is 42.5 Å². The van der Waals surface area contributed by atoms with Crippen LogP contribution >= 0.6 is 0 Å². The van der Waals surface area contributed by atoms with Crippen LogP contribution in [-0.2, 0) is 0 Å². The summed E-state index contributed by atoms with van der Waals surface area (Å²) >= 11 is 0. The van der Waals surface area contributed by atoms with Crippen molar-refractivity contribution in [3.63, 3.8) is 0 Å². The van der Waals surface area contributed by atoms with E-state index in [4.69, 9.17) is 11.5 Å². The van der Waals surface area contributed by atoms with Crippen LogP contribution in [0.5, 0.6) is 0 Å². The van der Waals surface area contributed by atoms with Gasteiger partial charge in [-0.1, -0.05) is 0 Å². The third-order valence-electron chi connectivity index (χ3n) is 3.45. The molecule has 2 heterocycles. The number of nitrogen functional groups attached to an aromatic ring is 2. The first-order valence-corrected chi connectivity index (χ1v) is 6.11. The molecular formula is C11H18N6. The molecule has 2 aliphatic rings. The van der Waals surface area contributed by atoms with E-state index in [-0.39, 0.29) is 5.95 Å². The van der Waals surface area contributed by atoms with Crippen molar-refractivity contribution in [1.29, 1.82) is 0 Å². The summed E-state index contributed by atoms with van der Waals surface area (Å²) in [7, 11) is 0. The van der Waals surface area contributed by atoms with Crippen LogP contribution < -0.4 is 16.4 Å². The minimum Gasteiger partial charge on any atom is -0.383 e. The van der Waals surface area contributed by atoms with Crippen LogP contribution in [0.25, 0.3) is 0 Å². The van der Waals surface area contributed by atoms with Gasteiger partial charge in [-0.15, -0.1) is 0 Å². The molecule has 0 unspecified atom stereocenters. The Morgan fingerprint density at radius 1 is 1.06 bits per heavy atom. The minimum absolute atomic E-state index is 0.254. The number of nitrogens with two attached hydrogens (primary N) is 2. The van der Waals surface area contributed by atoms with Crippen molar-refractivity contribution < 1.29 is 0 Å².